The molecule has 20 nitrogen and oxygen atoms in total. The number of aliphatic hydroxyl groups excluding tert-OH is 1. The lowest BCUT2D eigenvalue weighted by Gasteiger charge is -2.48. The van der Waals surface area contributed by atoms with Gasteiger partial charge >= 0.3 is 0 Å². The molecule has 20 heteroatoms. The van der Waals surface area contributed by atoms with E-state index >= 15 is 4.79 Å². The first-order valence-corrected chi connectivity index (χ1v) is 27.9. The first-order valence-electron chi connectivity index (χ1n) is 27.9. The Hall–Kier alpha value is -5.22. The number of amides is 5. The van der Waals surface area contributed by atoms with Crippen LogP contribution in [0.5, 0.6) is 0 Å². The van der Waals surface area contributed by atoms with Gasteiger partial charge in [0, 0.05) is 65.5 Å². The summed E-state index contributed by atoms with van der Waals surface area (Å²) in [5.41, 5.74) is -1.33. The molecule has 5 fully saturated rings. The summed E-state index contributed by atoms with van der Waals surface area (Å²) in [6.07, 6.45) is -5.23. The zero-order valence-corrected chi connectivity index (χ0v) is 47.8. The SMILES string of the molecule is CO[C@]1(C)C[C@H](O[C@H]2[C@H](C)[C@@H](O[C@@H]3O[C@H](C)C[C@H]4[C@H]3O/C(=N/C(C)C)N4C)[C@](C)(O)C[C@@H](C)CN(C)C(=O)[C@@H]3CCCN3C(=O)[C@H](Cc3ccccc3)NC(=O)CNC(=O)[C@H](Cc3ccccc3)NC(=O)[C@@H]2C)O[C@@H](C)[C@@H]1O. The van der Waals surface area contributed by atoms with Crippen molar-refractivity contribution < 1.29 is 62.6 Å². The van der Waals surface area contributed by atoms with Gasteiger partial charge in [-0.1, -0.05) is 81.4 Å². The van der Waals surface area contributed by atoms with Gasteiger partial charge in [-0.25, -0.2) is 4.99 Å². The number of carbonyl (C=O) groups is 5. The molecule has 0 spiro atoms. The summed E-state index contributed by atoms with van der Waals surface area (Å²) < 4.78 is 39.5. The van der Waals surface area contributed by atoms with Crippen molar-refractivity contribution in [2.24, 2.45) is 22.7 Å². The standard InChI is InChI=1S/C58H87N7O13/c1-33(2)60-56-64(11)44-26-35(4)74-55(48(44)77-56)78-50-36(5)47(76-46-30-58(9,73-12)49(67)38(7)75-46)37(6)51(68)62-41(27-39-20-15-13-16-21-39)52(69)59-31-45(66)61-42(28-40-22-17-14-18-23-40)53(70)65-25-19-24-43(65)54(71)63(10)32-34(3)29-57(50,8)72/h13-18,20-23,33-38,41-44,46-50,55,67,72H,19,24-32H2,1-12H3,(H,59,69)(H,61,66)(H,62,68)/b60-56+/t34-,35-,36+,37-,38+,41+,42+,43+,44+,46+,47+,48-,49+,50-,55+,57-,58-/m1/s1. The molecule has 5 amide bonds. The minimum Gasteiger partial charge on any atom is -0.454 e. The van der Waals surface area contributed by atoms with Crippen LogP contribution in [0.1, 0.15) is 106 Å². The third-order valence-corrected chi connectivity index (χ3v) is 16.4. The highest BCUT2D eigenvalue weighted by Gasteiger charge is 2.54. The Morgan fingerprint density at radius 1 is 0.833 bits per heavy atom. The maximum Gasteiger partial charge on any atom is 0.288 e. The molecule has 5 N–H and O–H groups in total. The van der Waals surface area contributed by atoms with Gasteiger partial charge in [0.25, 0.3) is 6.02 Å². The number of aliphatic imine (C=N–C) groups is 1. The van der Waals surface area contributed by atoms with Crippen LogP contribution in [0.3, 0.4) is 0 Å². The molecule has 17 atom stereocenters. The quantitative estimate of drug-likeness (QED) is 0.230. The lowest BCUT2D eigenvalue weighted by Crippen LogP contribution is -2.60. The second-order valence-corrected chi connectivity index (χ2v) is 23.4. The van der Waals surface area contributed by atoms with Gasteiger partial charge in [0.1, 0.15) is 24.2 Å². The van der Waals surface area contributed by atoms with Crippen molar-refractivity contribution in [2.45, 2.75) is 198 Å². The molecule has 432 valence electrons. The van der Waals surface area contributed by atoms with Crippen molar-refractivity contribution in [3.8, 4) is 0 Å². The fourth-order valence-corrected chi connectivity index (χ4v) is 12.2. The zero-order valence-electron chi connectivity index (χ0n) is 47.8. The molecule has 0 saturated carbocycles. The molecule has 2 aromatic carbocycles. The van der Waals surface area contributed by atoms with E-state index in [1.54, 1.807) is 44.5 Å². The number of amidine groups is 1. The lowest BCUT2D eigenvalue weighted by atomic mass is 9.77. The van der Waals surface area contributed by atoms with Crippen LogP contribution in [0, 0.1) is 17.8 Å². The van der Waals surface area contributed by atoms with E-state index in [0.29, 0.717) is 31.8 Å². The second-order valence-electron chi connectivity index (χ2n) is 23.4. The number of methoxy groups -OCH3 is 1. The summed E-state index contributed by atoms with van der Waals surface area (Å²) in [7, 11) is 5.11. The summed E-state index contributed by atoms with van der Waals surface area (Å²) in [4.78, 5) is 82.6. The number of rotatable bonds is 10. The number of hydrogen-bond acceptors (Lipinski definition) is 14. The normalized spacial score (nSPS) is 37.7. The minimum absolute atomic E-state index is 0.0454. The molecular formula is C58H87N7O13. The Labute approximate surface area is 460 Å². The highest BCUT2D eigenvalue weighted by Crippen LogP contribution is 2.41. The van der Waals surface area contributed by atoms with E-state index in [0.717, 1.165) is 11.1 Å². The Balaban J connectivity index is 1.30. The average Bonchev–Trinajstić information content (AvgIpc) is 4.11. The van der Waals surface area contributed by atoms with Crippen molar-refractivity contribution in [1.82, 2.24) is 30.7 Å². The zero-order chi connectivity index (χ0) is 56.8. The van der Waals surface area contributed by atoms with Crippen molar-refractivity contribution in [3.05, 3.63) is 71.8 Å². The largest absolute Gasteiger partial charge is 0.454 e. The van der Waals surface area contributed by atoms with Crippen molar-refractivity contribution in [3.63, 3.8) is 0 Å². The van der Waals surface area contributed by atoms with E-state index in [9.17, 15) is 29.4 Å². The molecule has 5 heterocycles. The Morgan fingerprint density at radius 3 is 2.10 bits per heavy atom. The van der Waals surface area contributed by atoms with Gasteiger partial charge in [0.05, 0.1) is 54.1 Å². The van der Waals surface area contributed by atoms with Gasteiger partial charge in [-0.05, 0) is 84.3 Å². The highest BCUT2D eigenvalue weighted by atomic mass is 16.7. The predicted octanol–water partition coefficient (Wildman–Crippen LogP) is 3.34. The Kier molecular flexibility index (Phi) is 20.1. The molecule has 0 aliphatic carbocycles. The molecule has 5 saturated heterocycles. The molecule has 0 unspecified atom stereocenters. The van der Waals surface area contributed by atoms with Gasteiger partial charge in [-0.3, -0.25) is 24.0 Å². The minimum atomic E-state index is -1.73. The van der Waals surface area contributed by atoms with Crippen molar-refractivity contribution >= 4 is 35.6 Å². The first kappa shape index (κ1) is 60.4. The van der Waals surface area contributed by atoms with Crippen LogP contribution in [0.2, 0.25) is 0 Å². The number of benzene rings is 2. The number of aliphatic hydroxyl groups is 2. The monoisotopic (exact) mass is 1090 g/mol. The maximum absolute atomic E-state index is 15.1. The molecule has 5 aliphatic rings. The highest BCUT2D eigenvalue weighted by molar-refractivity contribution is 5.95. The summed E-state index contributed by atoms with van der Waals surface area (Å²) in [6, 6.07) is 15.5. The van der Waals surface area contributed by atoms with Gasteiger partial charge in [0.2, 0.25) is 29.5 Å². The maximum atomic E-state index is 15.1. The predicted molar refractivity (Wildman–Crippen MR) is 290 cm³/mol. The second kappa shape index (κ2) is 25.9. The van der Waals surface area contributed by atoms with Crippen molar-refractivity contribution in [1.29, 1.82) is 0 Å². The van der Waals surface area contributed by atoms with Crippen LogP contribution in [0.4, 0.5) is 0 Å². The number of ether oxygens (including phenoxy) is 6. The van der Waals surface area contributed by atoms with Crippen LogP contribution in [-0.4, -0.2) is 192 Å². The number of nitrogens with zero attached hydrogens (tertiary/aromatic N) is 4. The van der Waals surface area contributed by atoms with E-state index in [4.69, 9.17) is 33.4 Å². The van der Waals surface area contributed by atoms with Crippen LogP contribution in [-0.2, 0) is 65.2 Å². The Morgan fingerprint density at radius 2 is 1.47 bits per heavy atom. The molecule has 0 radical (unpaired) electrons. The third kappa shape index (κ3) is 14.4. The summed E-state index contributed by atoms with van der Waals surface area (Å²) in [5, 5.41) is 33.1. The van der Waals surface area contributed by atoms with Crippen molar-refractivity contribution in [2.75, 3.05) is 40.8 Å². The van der Waals surface area contributed by atoms with Gasteiger partial charge in [-0.15, -0.1) is 0 Å². The third-order valence-electron chi connectivity index (χ3n) is 16.4. The number of hydrogen-bond donors (Lipinski definition) is 5. The van der Waals surface area contributed by atoms with E-state index in [1.807, 2.05) is 107 Å². The van der Waals surface area contributed by atoms with E-state index in [2.05, 4.69) is 16.0 Å². The van der Waals surface area contributed by atoms with E-state index in [-0.39, 0.29) is 62.2 Å². The smallest absolute Gasteiger partial charge is 0.288 e. The molecule has 7 rings (SSSR count). The number of likely N-dealkylation sites (N-methyl/N-ethyl adjacent to an activating group) is 2. The molecular weight excluding hydrogens is 1000 g/mol. The van der Waals surface area contributed by atoms with Gasteiger partial charge < -0.3 is 69.3 Å². The summed E-state index contributed by atoms with van der Waals surface area (Å²) >= 11 is 0. The molecule has 2 aromatic rings. The van der Waals surface area contributed by atoms with E-state index < -0.39 is 114 Å². The summed E-state index contributed by atoms with van der Waals surface area (Å²) in [5.74, 6) is -4.93. The number of carbonyl (C=O) groups excluding carboxylic acids is 5. The van der Waals surface area contributed by atoms with Crippen LogP contribution in [0.25, 0.3) is 0 Å². The van der Waals surface area contributed by atoms with Gasteiger partial charge in [-0.2, -0.15) is 0 Å². The number of fused-ring (bicyclic) bond motifs is 2. The van der Waals surface area contributed by atoms with E-state index in [1.165, 1.54) is 7.11 Å². The number of nitrogens with one attached hydrogen (secondary N) is 3. The topological polar surface area (TPSA) is 239 Å². The molecule has 0 bridgehead atoms. The lowest BCUT2D eigenvalue weighted by molar-refractivity contribution is -0.313. The Bertz CT molecular complexity index is 2400. The molecule has 5 aliphatic heterocycles. The van der Waals surface area contributed by atoms with Crippen LogP contribution < -0.4 is 16.0 Å². The average molecular weight is 1090 g/mol. The fraction of sp³-hybridized carbons (Fsp3) is 0.690. The summed E-state index contributed by atoms with van der Waals surface area (Å²) in [6.45, 7) is 16.4. The van der Waals surface area contributed by atoms with Crippen LogP contribution in [0.15, 0.2) is 65.7 Å². The fourth-order valence-electron chi connectivity index (χ4n) is 12.2. The van der Waals surface area contributed by atoms with Crippen LogP contribution >= 0.6 is 0 Å². The van der Waals surface area contributed by atoms with Gasteiger partial charge in [0.15, 0.2) is 18.7 Å². The molecule has 0 aromatic heterocycles. The molecule has 78 heavy (non-hydrogen) atoms. The first-order chi connectivity index (χ1) is 36.9.